The molecular weight excluding hydrogens is 228 g/mol. The lowest BCUT2D eigenvalue weighted by Gasteiger charge is -2.24. The van der Waals surface area contributed by atoms with Crippen LogP contribution in [0.2, 0.25) is 0 Å². The maximum absolute atomic E-state index is 3.70. The summed E-state index contributed by atoms with van der Waals surface area (Å²) in [6, 6.07) is 3.62. The van der Waals surface area contributed by atoms with Gasteiger partial charge in [-0.25, -0.2) is 0 Å². The topological polar surface area (TPSA) is 15.3 Å². The SMILES string of the molecule is CC(C)N1CCCC(NCc2ccsc2)CC1. The molecule has 1 atom stereocenters. The molecule has 2 heterocycles. The van der Waals surface area contributed by atoms with Crippen molar-refractivity contribution in [2.75, 3.05) is 13.1 Å². The van der Waals surface area contributed by atoms with Crippen molar-refractivity contribution in [3.63, 3.8) is 0 Å². The van der Waals surface area contributed by atoms with E-state index in [1.54, 1.807) is 11.3 Å². The average molecular weight is 252 g/mol. The van der Waals surface area contributed by atoms with Crippen molar-refractivity contribution < 1.29 is 0 Å². The van der Waals surface area contributed by atoms with E-state index in [2.05, 4.69) is 40.9 Å². The third-order valence-electron chi connectivity index (χ3n) is 3.67. The van der Waals surface area contributed by atoms with Gasteiger partial charge < -0.3 is 10.2 Å². The molecule has 1 fully saturated rings. The second kappa shape index (κ2) is 6.53. The van der Waals surface area contributed by atoms with Crippen molar-refractivity contribution in [3.8, 4) is 0 Å². The molecule has 96 valence electrons. The highest BCUT2D eigenvalue weighted by Gasteiger charge is 2.17. The van der Waals surface area contributed by atoms with Gasteiger partial charge in [-0.2, -0.15) is 11.3 Å². The molecular formula is C14H24N2S. The molecule has 3 heteroatoms. The summed E-state index contributed by atoms with van der Waals surface area (Å²) in [6.07, 6.45) is 3.95. The molecule has 17 heavy (non-hydrogen) atoms. The van der Waals surface area contributed by atoms with Gasteiger partial charge in [-0.15, -0.1) is 0 Å². The number of thiophene rings is 1. The van der Waals surface area contributed by atoms with Gasteiger partial charge in [0, 0.05) is 18.6 Å². The summed E-state index contributed by atoms with van der Waals surface area (Å²) in [5.41, 5.74) is 1.43. The third kappa shape index (κ3) is 4.09. The number of rotatable bonds is 4. The van der Waals surface area contributed by atoms with Crippen LogP contribution in [0.15, 0.2) is 16.8 Å². The Balaban J connectivity index is 1.75. The van der Waals surface area contributed by atoms with E-state index < -0.39 is 0 Å². The van der Waals surface area contributed by atoms with Crippen LogP contribution in [0.25, 0.3) is 0 Å². The predicted octanol–water partition coefficient (Wildman–Crippen LogP) is 3.10. The molecule has 0 bridgehead atoms. The minimum atomic E-state index is 0.700. The van der Waals surface area contributed by atoms with Gasteiger partial charge in [-0.05, 0) is 68.6 Å². The Morgan fingerprint density at radius 1 is 1.41 bits per heavy atom. The standard InChI is InChI=1S/C14H24N2S/c1-12(2)16-7-3-4-14(5-8-16)15-10-13-6-9-17-11-13/h6,9,11-12,14-15H,3-5,7-8,10H2,1-2H3. The molecule has 2 nitrogen and oxygen atoms in total. The molecule has 1 aromatic rings. The van der Waals surface area contributed by atoms with Crippen molar-refractivity contribution in [3.05, 3.63) is 22.4 Å². The van der Waals surface area contributed by atoms with Crippen LogP contribution in [0.3, 0.4) is 0 Å². The predicted molar refractivity (Wildman–Crippen MR) is 75.5 cm³/mol. The van der Waals surface area contributed by atoms with Crippen LogP contribution in [0.5, 0.6) is 0 Å². The Hall–Kier alpha value is -0.380. The largest absolute Gasteiger partial charge is 0.310 e. The van der Waals surface area contributed by atoms with Crippen LogP contribution < -0.4 is 5.32 Å². The van der Waals surface area contributed by atoms with Crippen molar-refractivity contribution in [2.24, 2.45) is 0 Å². The molecule has 1 unspecified atom stereocenters. The molecule has 0 aromatic carbocycles. The summed E-state index contributed by atoms with van der Waals surface area (Å²) in [4.78, 5) is 2.60. The van der Waals surface area contributed by atoms with Crippen LogP contribution in [0.1, 0.15) is 38.7 Å². The number of likely N-dealkylation sites (tertiary alicyclic amines) is 1. The fourth-order valence-corrected chi connectivity index (χ4v) is 3.16. The molecule has 2 rings (SSSR count). The molecule has 1 aliphatic rings. The van der Waals surface area contributed by atoms with Crippen molar-refractivity contribution in [2.45, 2.75) is 51.7 Å². The third-order valence-corrected chi connectivity index (χ3v) is 4.40. The lowest BCUT2D eigenvalue weighted by Crippen LogP contribution is -2.33. The fraction of sp³-hybridized carbons (Fsp3) is 0.714. The highest BCUT2D eigenvalue weighted by atomic mass is 32.1. The van der Waals surface area contributed by atoms with E-state index in [0.29, 0.717) is 12.1 Å². The van der Waals surface area contributed by atoms with E-state index in [-0.39, 0.29) is 0 Å². The van der Waals surface area contributed by atoms with Crippen LogP contribution in [-0.4, -0.2) is 30.1 Å². The Morgan fingerprint density at radius 2 is 2.29 bits per heavy atom. The Morgan fingerprint density at radius 3 is 3.00 bits per heavy atom. The highest BCUT2D eigenvalue weighted by Crippen LogP contribution is 2.14. The summed E-state index contributed by atoms with van der Waals surface area (Å²) in [7, 11) is 0. The molecule has 0 amide bonds. The van der Waals surface area contributed by atoms with Gasteiger partial charge in [0.15, 0.2) is 0 Å². The molecule has 0 aliphatic carbocycles. The molecule has 1 aliphatic heterocycles. The zero-order chi connectivity index (χ0) is 12.1. The Kier molecular flexibility index (Phi) is 5.01. The van der Waals surface area contributed by atoms with Crippen LogP contribution >= 0.6 is 11.3 Å². The zero-order valence-corrected chi connectivity index (χ0v) is 11.8. The van der Waals surface area contributed by atoms with Crippen LogP contribution in [0.4, 0.5) is 0 Å². The van der Waals surface area contributed by atoms with Gasteiger partial charge in [-0.1, -0.05) is 0 Å². The molecule has 1 N–H and O–H groups in total. The highest BCUT2D eigenvalue weighted by molar-refractivity contribution is 7.07. The molecule has 0 saturated carbocycles. The van der Waals surface area contributed by atoms with E-state index >= 15 is 0 Å². The van der Waals surface area contributed by atoms with Crippen molar-refractivity contribution in [1.29, 1.82) is 0 Å². The van der Waals surface area contributed by atoms with Gasteiger partial charge >= 0.3 is 0 Å². The second-order valence-corrected chi connectivity index (χ2v) is 6.05. The first-order valence-electron chi connectivity index (χ1n) is 6.74. The molecule has 1 aromatic heterocycles. The van der Waals surface area contributed by atoms with E-state index in [0.717, 1.165) is 6.54 Å². The summed E-state index contributed by atoms with van der Waals surface area (Å²) in [6.45, 7) is 8.17. The van der Waals surface area contributed by atoms with Crippen LogP contribution in [0, 0.1) is 0 Å². The van der Waals surface area contributed by atoms with Gasteiger partial charge in [0.25, 0.3) is 0 Å². The Labute approximate surface area is 109 Å². The first-order chi connectivity index (χ1) is 8.25. The zero-order valence-electron chi connectivity index (χ0n) is 11.0. The van der Waals surface area contributed by atoms with Crippen LogP contribution in [-0.2, 0) is 6.54 Å². The van der Waals surface area contributed by atoms with E-state index in [9.17, 15) is 0 Å². The molecule has 1 saturated heterocycles. The first-order valence-corrected chi connectivity index (χ1v) is 7.68. The van der Waals surface area contributed by atoms with Gasteiger partial charge in [0.05, 0.1) is 0 Å². The number of hydrogen-bond donors (Lipinski definition) is 1. The maximum atomic E-state index is 3.70. The minimum absolute atomic E-state index is 0.700. The fourth-order valence-electron chi connectivity index (χ4n) is 2.49. The molecule has 0 radical (unpaired) electrons. The first kappa shape index (κ1) is 13.1. The summed E-state index contributed by atoms with van der Waals surface area (Å²) >= 11 is 1.79. The van der Waals surface area contributed by atoms with E-state index in [1.165, 1.54) is 37.9 Å². The van der Waals surface area contributed by atoms with Gasteiger partial charge in [0.1, 0.15) is 0 Å². The normalized spacial score (nSPS) is 22.9. The van der Waals surface area contributed by atoms with Crippen molar-refractivity contribution >= 4 is 11.3 Å². The van der Waals surface area contributed by atoms with Crippen molar-refractivity contribution in [1.82, 2.24) is 10.2 Å². The summed E-state index contributed by atoms with van der Waals surface area (Å²) in [5, 5.41) is 8.10. The summed E-state index contributed by atoms with van der Waals surface area (Å²) < 4.78 is 0. The second-order valence-electron chi connectivity index (χ2n) is 5.27. The quantitative estimate of drug-likeness (QED) is 0.886. The molecule has 0 spiro atoms. The van der Waals surface area contributed by atoms with E-state index in [4.69, 9.17) is 0 Å². The summed E-state index contributed by atoms with van der Waals surface area (Å²) in [5.74, 6) is 0. The number of nitrogens with one attached hydrogen (secondary N) is 1. The Bertz CT molecular complexity index is 308. The van der Waals surface area contributed by atoms with Gasteiger partial charge in [-0.3, -0.25) is 0 Å². The van der Waals surface area contributed by atoms with Gasteiger partial charge in [0.2, 0.25) is 0 Å². The average Bonchev–Trinajstić information content (AvgIpc) is 2.70. The smallest absolute Gasteiger partial charge is 0.0216 e. The lowest BCUT2D eigenvalue weighted by atomic mass is 10.1. The maximum Gasteiger partial charge on any atom is 0.0216 e. The van der Waals surface area contributed by atoms with E-state index in [1.807, 2.05) is 0 Å². The number of hydrogen-bond acceptors (Lipinski definition) is 3. The number of nitrogens with zero attached hydrogens (tertiary/aromatic N) is 1. The monoisotopic (exact) mass is 252 g/mol. The minimum Gasteiger partial charge on any atom is -0.310 e. The lowest BCUT2D eigenvalue weighted by molar-refractivity contribution is 0.229.